The molecule has 0 spiro atoms. The third kappa shape index (κ3) is 3.33. The van der Waals surface area contributed by atoms with E-state index in [-0.39, 0.29) is 5.41 Å². The molecule has 0 aliphatic carbocycles. The van der Waals surface area contributed by atoms with Crippen molar-refractivity contribution in [3.63, 3.8) is 0 Å². The molecule has 0 fully saturated rings. The van der Waals surface area contributed by atoms with Gasteiger partial charge in [-0.05, 0) is 6.42 Å². The SMILES string of the molecule is CCCCCC(C)(C)c1noc(CC)n1. The summed E-state index contributed by atoms with van der Waals surface area (Å²) in [5, 5.41) is 4.05. The highest BCUT2D eigenvalue weighted by Gasteiger charge is 2.25. The maximum Gasteiger partial charge on any atom is 0.226 e. The van der Waals surface area contributed by atoms with E-state index in [1.807, 2.05) is 6.92 Å². The summed E-state index contributed by atoms with van der Waals surface area (Å²) in [4.78, 5) is 4.40. The maximum absolute atomic E-state index is 5.15. The number of hydrogen-bond acceptors (Lipinski definition) is 3. The molecular weight excluding hydrogens is 188 g/mol. The van der Waals surface area contributed by atoms with E-state index < -0.39 is 0 Å². The molecule has 1 rings (SSSR count). The summed E-state index contributed by atoms with van der Waals surface area (Å²) in [6.45, 7) is 8.62. The molecular formula is C12H22N2O. The molecule has 0 saturated heterocycles. The van der Waals surface area contributed by atoms with Crippen molar-refractivity contribution in [2.75, 3.05) is 0 Å². The lowest BCUT2D eigenvalue weighted by Gasteiger charge is -2.19. The Kier molecular flexibility index (Phi) is 4.30. The van der Waals surface area contributed by atoms with E-state index in [1.165, 1.54) is 19.3 Å². The second-order valence-corrected chi connectivity index (χ2v) is 4.71. The van der Waals surface area contributed by atoms with Crippen molar-refractivity contribution in [1.82, 2.24) is 10.1 Å². The molecule has 0 radical (unpaired) electrons. The van der Waals surface area contributed by atoms with Gasteiger partial charge in [-0.3, -0.25) is 0 Å². The molecule has 1 aromatic rings. The van der Waals surface area contributed by atoms with Gasteiger partial charge in [0.2, 0.25) is 5.89 Å². The summed E-state index contributed by atoms with van der Waals surface area (Å²) < 4.78 is 5.15. The summed E-state index contributed by atoms with van der Waals surface area (Å²) >= 11 is 0. The van der Waals surface area contributed by atoms with Gasteiger partial charge < -0.3 is 4.52 Å². The number of hydrogen-bond donors (Lipinski definition) is 0. The molecule has 0 aliphatic rings. The summed E-state index contributed by atoms with van der Waals surface area (Å²) in [6, 6.07) is 0. The zero-order valence-electron chi connectivity index (χ0n) is 10.3. The minimum absolute atomic E-state index is 0.0477. The Morgan fingerprint density at radius 3 is 2.47 bits per heavy atom. The first kappa shape index (κ1) is 12.2. The Hall–Kier alpha value is -0.860. The van der Waals surface area contributed by atoms with Gasteiger partial charge >= 0.3 is 0 Å². The van der Waals surface area contributed by atoms with Gasteiger partial charge in [0.15, 0.2) is 5.82 Å². The van der Waals surface area contributed by atoms with Crippen LogP contribution in [0.5, 0.6) is 0 Å². The molecule has 0 unspecified atom stereocenters. The third-order valence-corrected chi connectivity index (χ3v) is 2.78. The van der Waals surface area contributed by atoms with E-state index in [1.54, 1.807) is 0 Å². The second-order valence-electron chi connectivity index (χ2n) is 4.71. The molecule has 0 bridgehead atoms. The largest absolute Gasteiger partial charge is 0.339 e. The van der Waals surface area contributed by atoms with Gasteiger partial charge in [-0.1, -0.05) is 52.1 Å². The molecule has 0 N–H and O–H groups in total. The van der Waals surface area contributed by atoms with Gasteiger partial charge in [-0.15, -0.1) is 0 Å². The highest BCUT2D eigenvalue weighted by atomic mass is 16.5. The third-order valence-electron chi connectivity index (χ3n) is 2.78. The number of unbranched alkanes of at least 4 members (excludes halogenated alkanes) is 2. The van der Waals surface area contributed by atoms with Crippen LogP contribution in [0.3, 0.4) is 0 Å². The fourth-order valence-electron chi connectivity index (χ4n) is 1.60. The van der Waals surface area contributed by atoms with E-state index in [0.717, 1.165) is 24.6 Å². The van der Waals surface area contributed by atoms with Crippen molar-refractivity contribution in [2.24, 2.45) is 0 Å². The molecule has 86 valence electrons. The number of aromatic nitrogens is 2. The van der Waals surface area contributed by atoms with Crippen molar-refractivity contribution in [3.05, 3.63) is 11.7 Å². The van der Waals surface area contributed by atoms with Gasteiger partial charge in [0.25, 0.3) is 0 Å². The van der Waals surface area contributed by atoms with E-state index >= 15 is 0 Å². The van der Waals surface area contributed by atoms with Crippen LogP contribution in [0.25, 0.3) is 0 Å². The van der Waals surface area contributed by atoms with Crippen molar-refractivity contribution >= 4 is 0 Å². The van der Waals surface area contributed by atoms with E-state index in [4.69, 9.17) is 4.52 Å². The molecule has 15 heavy (non-hydrogen) atoms. The average Bonchev–Trinajstić information content (AvgIpc) is 2.66. The lowest BCUT2D eigenvalue weighted by Crippen LogP contribution is -2.19. The minimum atomic E-state index is 0.0477. The Morgan fingerprint density at radius 1 is 1.20 bits per heavy atom. The quantitative estimate of drug-likeness (QED) is 0.675. The monoisotopic (exact) mass is 210 g/mol. The highest BCUT2D eigenvalue weighted by Crippen LogP contribution is 2.26. The first-order valence-corrected chi connectivity index (χ1v) is 5.93. The summed E-state index contributed by atoms with van der Waals surface area (Å²) in [5.41, 5.74) is 0.0477. The van der Waals surface area contributed by atoms with Gasteiger partial charge in [0.1, 0.15) is 0 Å². The van der Waals surface area contributed by atoms with Gasteiger partial charge in [-0.2, -0.15) is 4.98 Å². The first-order chi connectivity index (χ1) is 7.10. The normalized spacial score (nSPS) is 12.0. The van der Waals surface area contributed by atoms with Crippen LogP contribution in [0.4, 0.5) is 0 Å². The smallest absolute Gasteiger partial charge is 0.226 e. The zero-order valence-corrected chi connectivity index (χ0v) is 10.3. The Labute approximate surface area is 92.3 Å². The summed E-state index contributed by atoms with van der Waals surface area (Å²) in [7, 11) is 0. The molecule has 0 atom stereocenters. The topological polar surface area (TPSA) is 38.9 Å². The van der Waals surface area contributed by atoms with Gasteiger partial charge in [0, 0.05) is 11.8 Å². The Balaban J connectivity index is 2.59. The van der Waals surface area contributed by atoms with Crippen LogP contribution in [-0.4, -0.2) is 10.1 Å². The predicted molar refractivity (Wildman–Crippen MR) is 60.8 cm³/mol. The maximum atomic E-state index is 5.15. The fraction of sp³-hybridized carbons (Fsp3) is 0.833. The van der Waals surface area contributed by atoms with Gasteiger partial charge in [0.05, 0.1) is 0 Å². The van der Waals surface area contributed by atoms with Crippen LogP contribution in [0, 0.1) is 0 Å². The van der Waals surface area contributed by atoms with Crippen molar-refractivity contribution < 1.29 is 4.52 Å². The van der Waals surface area contributed by atoms with Crippen LogP contribution in [0.1, 0.15) is 65.1 Å². The van der Waals surface area contributed by atoms with Crippen LogP contribution in [0.15, 0.2) is 4.52 Å². The molecule has 3 heteroatoms. The molecule has 3 nitrogen and oxygen atoms in total. The molecule has 0 aromatic carbocycles. The zero-order chi connectivity index (χ0) is 11.3. The van der Waals surface area contributed by atoms with E-state index in [9.17, 15) is 0 Å². The molecule has 0 saturated carbocycles. The fourth-order valence-corrected chi connectivity index (χ4v) is 1.60. The van der Waals surface area contributed by atoms with Crippen molar-refractivity contribution in [1.29, 1.82) is 0 Å². The highest BCUT2D eigenvalue weighted by molar-refractivity contribution is 5.02. The molecule has 1 heterocycles. The van der Waals surface area contributed by atoms with Crippen LogP contribution < -0.4 is 0 Å². The van der Waals surface area contributed by atoms with E-state index in [2.05, 4.69) is 30.9 Å². The average molecular weight is 210 g/mol. The van der Waals surface area contributed by atoms with Crippen molar-refractivity contribution in [3.8, 4) is 0 Å². The number of rotatable bonds is 6. The minimum Gasteiger partial charge on any atom is -0.339 e. The molecule has 1 aromatic heterocycles. The lowest BCUT2D eigenvalue weighted by atomic mass is 9.86. The Bertz CT molecular complexity index is 292. The van der Waals surface area contributed by atoms with Crippen LogP contribution in [0.2, 0.25) is 0 Å². The van der Waals surface area contributed by atoms with Crippen LogP contribution in [-0.2, 0) is 11.8 Å². The van der Waals surface area contributed by atoms with E-state index in [0.29, 0.717) is 0 Å². The summed E-state index contributed by atoms with van der Waals surface area (Å²) in [6.07, 6.45) is 5.71. The number of nitrogens with zero attached hydrogens (tertiary/aromatic N) is 2. The van der Waals surface area contributed by atoms with Crippen molar-refractivity contribution in [2.45, 2.75) is 65.2 Å². The number of aryl methyl sites for hydroxylation is 1. The second kappa shape index (κ2) is 5.29. The van der Waals surface area contributed by atoms with Crippen LogP contribution >= 0.6 is 0 Å². The lowest BCUT2D eigenvalue weighted by molar-refractivity contribution is 0.352. The first-order valence-electron chi connectivity index (χ1n) is 5.93. The van der Waals surface area contributed by atoms with Gasteiger partial charge in [-0.25, -0.2) is 0 Å². The standard InChI is InChI=1S/C12H22N2O/c1-5-7-8-9-12(3,4)11-13-10(6-2)15-14-11/h5-9H2,1-4H3. The molecule has 0 aliphatic heterocycles. The Morgan fingerprint density at radius 2 is 1.93 bits per heavy atom. The summed E-state index contributed by atoms with van der Waals surface area (Å²) in [5.74, 6) is 1.60. The molecule has 0 amide bonds. The predicted octanol–water partition coefficient (Wildman–Crippen LogP) is 3.49.